The Hall–Kier alpha value is -1.55. The van der Waals surface area contributed by atoms with Crippen LogP contribution in [-0.2, 0) is 16.8 Å². The minimum Gasteiger partial charge on any atom is -0.336 e. The molecule has 0 atom stereocenters. The van der Waals surface area contributed by atoms with E-state index in [1.807, 2.05) is 41.3 Å². The summed E-state index contributed by atoms with van der Waals surface area (Å²) in [6, 6.07) is 18.5. The maximum atomic E-state index is 12.3. The predicted molar refractivity (Wildman–Crippen MR) is 114 cm³/mol. The van der Waals surface area contributed by atoms with Gasteiger partial charge in [-0.05, 0) is 48.9 Å². The fraction of sp³-hybridized carbons (Fsp3) is 0.409. The van der Waals surface area contributed by atoms with Crippen LogP contribution < -0.4 is 5.73 Å². The maximum absolute atomic E-state index is 12.3. The smallest absolute Gasteiger partial charge is 0.219 e. The van der Waals surface area contributed by atoms with Gasteiger partial charge in [0.25, 0.3) is 0 Å². The first-order valence-electron chi connectivity index (χ1n) is 9.31. The molecule has 0 aromatic heterocycles. The normalized spacial score (nSPS) is 22.0. The first-order valence-corrected chi connectivity index (χ1v) is 9.69. The third kappa shape index (κ3) is 5.04. The van der Waals surface area contributed by atoms with E-state index in [0.29, 0.717) is 13.1 Å². The summed E-state index contributed by atoms with van der Waals surface area (Å²) in [5.74, 6) is 0.141. The summed E-state index contributed by atoms with van der Waals surface area (Å²) in [4.78, 5) is 14.3. The molecule has 3 rings (SSSR count). The minimum absolute atomic E-state index is 0. The van der Waals surface area contributed by atoms with Crippen molar-refractivity contribution in [2.75, 3.05) is 6.54 Å². The molecule has 27 heavy (non-hydrogen) atoms. The number of hydrogen-bond donors (Lipinski definition) is 1. The Morgan fingerprint density at radius 2 is 1.81 bits per heavy atom. The van der Waals surface area contributed by atoms with Crippen molar-refractivity contribution in [1.29, 1.82) is 0 Å². The van der Waals surface area contributed by atoms with E-state index in [4.69, 9.17) is 17.3 Å². The summed E-state index contributed by atoms with van der Waals surface area (Å²) in [7, 11) is 0. The van der Waals surface area contributed by atoms with Crippen molar-refractivity contribution in [3.63, 3.8) is 0 Å². The van der Waals surface area contributed by atoms with Crippen LogP contribution in [0.1, 0.15) is 43.7 Å². The Labute approximate surface area is 173 Å². The number of hydrogen-bond acceptors (Lipinski definition) is 2. The van der Waals surface area contributed by atoms with E-state index in [1.165, 1.54) is 11.1 Å². The third-order valence-electron chi connectivity index (χ3n) is 5.78. The zero-order valence-corrected chi connectivity index (χ0v) is 17.3. The number of halogens is 2. The van der Waals surface area contributed by atoms with Crippen molar-refractivity contribution in [2.45, 2.75) is 50.6 Å². The van der Waals surface area contributed by atoms with Crippen molar-refractivity contribution < 1.29 is 4.79 Å². The molecule has 0 spiro atoms. The SMILES string of the molecule is CC(=O)N(Cc1ccccc1)[C@H]1CC[C@@](CN)(c2cccc(Cl)c2)CC1.Cl. The van der Waals surface area contributed by atoms with Crippen molar-refractivity contribution in [3.8, 4) is 0 Å². The summed E-state index contributed by atoms with van der Waals surface area (Å²) in [6.07, 6.45) is 3.90. The Morgan fingerprint density at radius 3 is 2.37 bits per heavy atom. The second kappa shape index (κ2) is 9.59. The summed E-state index contributed by atoms with van der Waals surface area (Å²) >= 11 is 6.20. The maximum Gasteiger partial charge on any atom is 0.219 e. The van der Waals surface area contributed by atoms with Crippen LogP contribution in [0.15, 0.2) is 54.6 Å². The van der Waals surface area contributed by atoms with E-state index in [2.05, 4.69) is 18.2 Å². The number of benzene rings is 2. The molecule has 1 fully saturated rings. The van der Waals surface area contributed by atoms with Crippen LogP contribution in [0.5, 0.6) is 0 Å². The van der Waals surface area contributed by atoms with Crippen LogP contribution in [0.3, 0.4) is 0 Å². The summed E-state index contributed by atoms with van der Waals surface area (Å²) < 4.78 is 0. The van der Waals surface area contributed by atoms with Gasteiger partial charge in [0, 0.05) is 36.5 Å². The van der Waals surface area contributed by atoms with Crippen LogP contribution >= 0.6 is 24.0 Å². The van der Waals surface area contributed by atoms with E-state index < -0.39 is 0 Å². The fourth-order valence-corrected chi connectivity index (χ4v) is 4.36. The molecule has 5 heteroatoms. The quantitative estimate of drug-likeness (QED) is 0.762. The van der Waals surface area contributed by atoms with E-state index >= 15 is 0 Å². The molecule has 2 aromatic rings. The lowest BCUT2D eigenvalue weighted by Crippen LogP contribution is -2.46. The average molecular weight is 407 g/mol. The van der Waals surface area contributed by atoms with Gasteiger partial charge >= 0.3 is 0 Å². The average Bonchev–Trinajstić information content (AvgIpc) is 2.67. The van der Waals surface area contributed by atoms with Crippen LogP contribution in [0.25, 0.3) is 0 Å². The van der Waals surface area contributed by atoms with Gasteiger partial charge in [-0.2, -0.15) is 0 Å². The highest BCUT2D eigenvalue weighted by Gasteiger charge is 2.38. The molecule has 1 aliphatic carbocycles. The van der Waals surface area contributed by atoms with Gasteiger partial charge in [0.15, 0.2) is 0 Å². The van der Waals surface area contributed by atoms with Gasteiger partial charge < -0.3 is 10.6 Å². The number of nitrogens with two attached hydrogens (primary N) is 1. The first-order chi connectivity index (χ1) is 12.5. The lowest BCUT2D eigenvalue weighted by molar-refractivity contribution is -0.132. The molecule has 3 nitrogen and oxygen atoms in total. The second-order valence-electron chi connectivity index (χ2n) is 7.36. The highest BCUT2D eigenvalue weighted by Crippen LogP contribution is 2.41. The second-order valence-corrected chi connectivity index (χ2v) is 7.79. The minimum atomic E-state index is -0.0311. The summed E-state index contributed by atoms with van der Waals surface area (Å²) in [5.41, 5.74) is 8.57. The molecule has 146 valence electrons. The standard InChI is InChI=1S/C22H27ClN2O.ClH/c1-17(26)25(15-18-6-3-2-4-7-18)21-10-12-22(16-24,13-11-21)19-8-5-9-20(23)14-19;/h2-9,14,21H,10-13,15-16,24H2,1H3;1H/t21-,22+;. The molecule has 1 aliphatic rings. The van der Waals surface area contributed by atoms with Crippen molar-refractivity contribution in [2.24, 2.45) is 5.73 Å². The predicted octanol–water partition coefficient (Wildman–Crippen LogP) is 4.95. The van der Waals surface area contributed by atoms with Crippen molar-refractivity contribution >= 4 is 29.9 Å². The van der Waals surface area contributed by atoms with E-state index in [1.54, 1.807) is 6.92 Å². The Kier molecular flexibility index (Phi) is 7.72. The van der Waals surface area contributed by atoms with E-state index in [0.717, 1.165) is 30.7 Å². The van der Waals surface area contributed by atoms with E-state index in [9.17, 15) is 4.79 Å². The van der Waals surface area contributed by atoms with E-state index in [-0.39, 0.29) is 29.8 Å². The molecule has 0 heterocycles. The molecule has 1 amide bonds. The molecule has 2 aromatic carbocycles. The Balaban J connectivity index is 0.00000261. The van der Waals surface area contributed by atoms with Crippen molar-refractivity contribution in [1.82, 2.24) is 4.90 Å². The Bertz CT molecular complexity index is 743. The lowest BCUT2D eigenvalue weighted by atomic mass is 9.68. The monoisotopic (exact) mass is 406 g/mol. The molecule has 1 saturated carbocycles. The number of rotatable bonds is 5. The van der Waals surface area contributed by atoms with Gasteiger partial charge in [-0.1, -0.05) is 54.1 Å². The molecule has 0 bridgehead atoms. The van der Waals surface area contributed by atoms with Crippen LogP contribution in [0, 0.1) is 0 Å². The number of nitrogens with zero attached hydrogens (tertiary/aromatic N) is 1. The zero-order valence-electron chi connectivity index (χ0n) is 15.7. The fourth-order valence-electron chi connectivity index (χ4n) is 4.17. The third-order valence-corrected chi connectivity index (χ3v) is 6.02. The molecular weight excluding hydrogens is 379 g/mol. The highest BCUT2D eigenvalue weighted by molar-refractivity contribution is 6.30. The van der Waals surface area contributed by atoms with Gasteiger partial charge in [-0.25, -0.2) is 0 Å². The van der Waals surface area contributed by atoms with Gasteiger partial charge in [0.05, 0.1) is 0 Å². The molecule has 0 unspecified atom stereocenters. The Morgan fingerprint density at radius 1 is 1.15 bits per heavy atom. The van der Waals surface area contributed by atoms with Crippen LogP contribution in [0.2, 0.25) is 5.02 Å². The van der Waals surface area contributed by atoms with Crippen LogP contribution in [-0.4, -0.2) is 23.4 Å². The van der Waals surface area contributed by atoms with Gasteiger partial charge in [0.1, 0.15) is 0 Å². The molecule has 0 radical (unpaired) electrons. The van der Waals surface area contributed by atoms with Gasteiger partial charge in [0.2, 0.25) is 5.91 Å². The summed E-state index contributed by atoms with van der Waals surface area (Å²) in [6.45, 7) is 2.96. The molecule has 0 aliphatic heterocycles. The zero-order chi connectivity index (χ0) is 18.6. The first kappa shape index (κ1) is 21.7. The molecular formula is C22H28Cl2N2O. The van der Waals surface area contributed by atoms with Gasteiger partial charge in [-0.3, -0.25) is 4.79 Å². The van der Waals surface area contributed by atoms with Crippen LogP contribution in [0.4, 0.5) is 0 Å². The number of carbonyl (C=O) groups is 1. The highest BCUT2D eigenvalue weighted by atomic mass is 35.5. The van der Waals surface area contributed by atoms with Gasteiger partial charge in [-0.15, -0.1) is 12.4 Å². The lowest BCUT2D eigenvalue weighted by Gasteiger charge is -2.43. The number of carbonyl (C=O) groups excluding carboxylic acids is 1. The molecule has 2 N–H and O–H groups in total. The topological polar surface area (TPSA) is 46.3 Å². The number of amides is 1. The van der Waals surface area contributed by atoms with Crippen molar-refractivity contribution in [3.05, 3.63) is 70.7 Å². The molecule has 0 saturated heterocycles. The summed E-state index contributed by atoms with van der Waals surface area (Å²) in [5, 5.41) is 0.756. The largest absolute Gasteiger partial charge is 0.336 e.